The van der Waals surface area contributed by atoms with Crippen LogP contribution >= 0.6 is 0 Å². The lowest BCUT2D eigenvalue weighted by molar-refractivity contribution is -0.121. The van der Waals surface area contributed by atoms with Gasteiger partial charge in [0.05, 0.1) is 0 Å². The fourth-order valence-electron chi connectivity index (χ4n) is 2.22. The van der Waals surface area contributed by atoms with E-state index in [2.05, 4.69) is 12.2 Å². The average Bonchev–Trinajstić information content (AvgIpc) is 2.50. The van der Waals surface area contributed by atoms with E-state index in [1.54, 1.807) is 0 Å². The van der Waals surface area contributed by atoms with Crippen molar-refractivity contribution in [3.8, 4) is 0 Å². The molecule has 3 atom stereocenters. The number of rotatable bonds is 5. The maximum atomic E-state index is 11.5. The number of carbonyl (C=O) groups excluding carboxylic acids is 1. The largest absolute Gasteiger partial charge is 0.353 e. The Morgan fingerprint density at radius 1 is 1.53 bits per heavy atom. The molecular formula is C12H24N2O. The van der Waals surface area contributed by atoms with Crippen molar-refractivity contribution in [2.75, 3.05) is 0 Å². The number of carbonyl (C=O) groups is 1. The molecule has 0 radical (unpaired) electrons. The minimum atomic E-state index is 0.203. The van der Waals surface area contributed by atoms with Crippen LogP contribution in [0, 0.1) is 5.92 Å². The first-order valence-corrected chi connectivity index (χ1v) is 6.13. The summed E-state index contributed by atoms with van der Waals surface area (Å²) in [7, 11) is 0. The molecule has 0 heterocycles. The molecule has 0 aliphatic heterocycles. The van der Waals surface area contributed by atoms with Gasteiger partial charge in [0, 0.05) is 18.5 Å². The van der Waals surface area contributed by atoms with Crippen LogP contribution in [0.5, 0.6) is 0 Å². The molecule has 1 fully saturated rings. The molecule has 88 valence electrons. The highest BCUT2D eigenvalue weighted by Gasteiger charge is 2.22. The second kappa shape index (κ2) is 6.11. The van der Waals surface area contributed by atoms with Crippen LogP contribution in [-0.2, 0) is 4.79 Å². The third-order valence-electron chi connectivity index (χ3n) is 3.12. The van der Waals surface area contributed by atoms with Crippen molar-refractivity contribution in [2.24, 2.45) is 11.7 Å². The van der Waals surface area contributed by atoms with Gasteiger partial charge in [-0.3, -0.25) is 4.79 Å². The van der Waals surface area contributed by atoms with E-state index in [-0.39, 0.29) is 11.9 Å². The predicted molar refractivity (Wildman–Crippen MR) is 62.4 cm³/mol. The van der Waals surface area contributed by atoms with Crippen LogP contribution in [0.2, 0.25) is 0 Å². The summed E-state index contributed by atoms with van der Waals surface area (Å²) in [5.74, 6) is 0.981. The molecule has 0 saturated heterocycles. The molecule has 0 aromatic rings. The Labute approximate surface area is 92.8 Å². The minimum absolute atomic E-state index is 0.203. The van der Waals surface area contributed by atoms with Gasteiger partial charge in [0.25, 0.3) is 0 Å². The fourth-order valence-corrected chi connectivity index (χ4v) is 2.22. The Morgan fingerprint density at radius 2 is 2.27 bits per heavy atom. The van der Waals surface area contributed by atoms with Gasteiger partial charge in [-0.25, -0.2) is 0 Å². The van der Waals surface area contributed by atoms with Crippen LogP contribution in [0.25, 0.3) is 0 Å². The molecule has 0 aromatic heterocycles. The van der Waals surface area contributed by atoms with Gasteiger partial charge in [-0.15, -0.1) is 0 Å². The minimum Gasteiger partial charge on any atom is -0.353 e. The van der Waals surface area contributed by atoms with E-state index in [9.17, 15) is 4.79 Å². The highest BCUT2D eigenvalue weighted by molar-refractivity contribution is 5.76. The van der Waals surface area contributed by atoms with Crippen molar-refractivity contribution in [3.05, 3.63) is 0 Å². The van der Waals surface area contributed by atoms with Crippen LogP contribution in [0.3, 0.4) is 0 Å². The standard InChI is InChI=1S/C12H24N2O/c1-9-6-7-11(8-9)14-12(15)5-3-4-10(2)13/h9-11H,3-8,13H2,1-2H3,(H,14,15). The molecule has 3 nitrogen and oxygen atoms in total. The zero-order valence-corrected chi connectivity index (χ0v) is 9.96. The van der Waals surface area contributed by atoms with Crippen molar-refractivity contribution in [2.45, 2.75) is 64.5 Å². The zero-order chi connectivity index (χ0) is 11.3. The summed E-state index contributed by atoms with van der Waals surface area (Å²) in [5.41, 5.74) is 5.63. The first-order valence-electron chi connectivity index (χ1n) is 6.13. The van der Waals surface area contributed by atoms with Crippen LogP contribution in [0.1, 0.15) is 52.4 Å². The van der Waals surface area contributed by atoms with Gasteiger partial charge < -0.3 is 11.1 Å². The van der Waals surface area contributed by atoms with E-state index in [1.807, 2.05) is 6.92 Å². The molecule has 3 unspecified atom stereocenters. The van der Waals surface area contributed by atoms with Gasteiger partial charge in [0.15, 0.2) is 0 Å². The lowest BCUT2D eigenvalue weighted by atomic mass is 10.1. The molecule has 1 aliphatic carbocycles. The second-order valence-electron chi connectivity index (χ2n) is 5.05. The molecule has 3 N–H and O–H groups in total. The van der Waals surface area contributed by atoms with Gasteiger partial charge >= 0.3 is 0 Å². The van der Waals surface area contributed by atoms with E-state index in [0.29, 0.717) is 12.5 Å². The molecule has 3 heteroatoms. The summed E-state index contributed by atoms with van der Waals surface area (Å²) in [6.07, 6.45) is 6.04. The maximum Gasteiger partial charge on any atom is 0.220 e. The van der Waals surface area contributed by atoms with Gasteiger partial charge in [-0.1, -0.05) is 6.92 Å². The van der Waals surface area contributed by atoms with Crippen LogP contribution < -0.4 is 11.1 Å². The van der Waals surface area contributed by atoms with E-state index in [0.717, 1.165) is 31.6 Å². The monoisotopic (exact) mass is 212 g/mol. The molecule has 0 spiro atoms. The van der Waals surface area contributed by atoms with Crippen LogP contribution in [0.15, 0.2) is 0 Å². The first-order chi connectivity index (χ1) is 7.08. The van der Waals surface area contributed by atoms with Crippen molar-refractivity contribution in [1.29, 1.82) is 0 Å². The summed E-state index contributed by atoms with van der Waals surface area (Å²) >= 11 is 0. The number of hydrogen-bond acceptors (Lipinski definition) is 2. The molecule has 1 rings (SSSR count). The van der Waals surface area contributed by atoms with E-state index >= 15 is 0 Å². The van der Waals surface area contributed by atoms with Gasteiger partial charge in [-0.05, 0) is 44.9 Å². The summed E-state index contributed by atoms with van der Waals surface area (Å²) in [4.78, 5) is 11.5. The normalized spacial score (nSPS) is 27.7. The number of nitrogens with one attached hydrogen (secondary N) is 1. The summed E-state index contributed by atoms with van der Waals surface area (Å²) in [5, 5.41) is 3.10. The molecule has 1 saturated carbocycles. The zero-order valence-electron chi connectivity index (χ0n) is 9.96. The quantitative estimate of drug-likeness (QED) is 0.730. The van der Waals surface area contributed by atoms with Crippen molar-refractivity contribution in [1.82, 2.24) is 5.32 Å². The molecule has 0 bridgehead atoms. The fraction of sp³-hybridized carbons (Fsp3) is 0.917. The lowest BCUT2D eigenvalue weighted by Crippen LogP contribution is -2.32. The van der Waals surface area contributed by atoms with Gasteiger partial charge in [-0.2, -0.15) is 0 Å². The highest BCUT2D eigenvalue weighted by atomic mass is 16.1. The summed E-state index contributed by atoms with van der Waals surface area (Å²) in [6, 6.07) is 0.645. The van der Waals surface area contributed by atoms with Gasteiger partial charge in [0.2, 0.25) is 5.91 Å². The second-order valence-corrected chi connectivity index (χ2v) is 5.05. The number of nitrogens with two attached hydrogens (primary N) is 1. The molecule has 1 aliphatic rings. The predicted octanol–water partition coefficient (Wildman–Crippen LogP) is 1.81. The number of hydrogen-bond donors (Lipinski definition) is 2. The van der Waals surface area contributed by atoms with Crippen LogP contribution in [0.4, 0.5) is 0 Å². The van der Waals surface area contributed by atoms with Gasteiger partial charge in [0.1, 0.15) is 0 Å². The van der Waals surface area contributed by atoms with Crippen molar-refractivity contribution in [3.63, 3.8) is 0 Å². The molecule has 15 heavy (non-hydrogen) atoms. The van der Waals surface area contributed by atoms with Crippen LogP contribution in [-0.4, -0.2) is 18.0 Å². The lowest BCUT2D eigenvalue weighted by Gasteiger charge is -2.12. The summed E-state index contributed by atoms with van der Waals surface area (Å²) < 4.78 is 0. The molecule has 1 amide bonds. The molecular weight excluding hydrogens is 188 g/mol. The third-order valence-corrected chi connectivity index (χ3v) is 3.12. The SMILES string of the molecule is CC(N)CCCC(=O)NC1CCC(C)C1. The van der Waals surface area contributed by atoms with E-state index in [1.165, 1.54) is 6.42 Å². The van der Waals surface area contributed by atoms with Crippen molar-refractivity contribution >= 4 is 5.91 Å². The Bertz CT molecular complexity index is 204. The Morgan fingerprint density at radius 3 is 2.80 bits per heavy atom. The average molecular weight is 212 g/mol. The topological polar surface area (TPSA) is 55.1 Å². The summed E-state index contributed by atoms with van der Waals surface area (Å²) in [6.45, 7) is 4.23. The Kier molecular flexibility index (Phi) is 5.09. The highest BCUT2D eigenvalue weighted by Crippen LogP contribution is 2.24. The smallest absolute Gasteiger partial charge is 0.220 e. The van der Waals surface area contributed by atoms with Crippen molar-refractivity contribution < 1.29 is 4.79 Å². The molecule has 0 aromatic carbocycles. The van der Waals surface area contributed by atoms with E-state index in [4.69, 9.17) is 5.73 Å². The van der Waals surface area contributed by atoms with E-state index < -0.39 is 0 Å². The maximum absolute atomic E-state index is 11.5. The Hall–Kier alpha value is -0.570. The third kappa shape index (κ3) is 5.17. The number of amides is 1. The Balaban J connectivity index is 2.08. The first kappa shape index (κ1) is 12.5.